The monoisotopic (exact) mass is 595 g/mol. The molecule has 1 saturated heterocycles. The van der Waals surface area contributed by atoms with Gasteiger partial charge in [0.15, 0.2) is 0 Å². The highest BCUT2D eigenvalue weighted by Crippen LogP contribution is 2.34. The molecule has 1 heterocycles. The van der Waals surface area contributed by atoms with Crippen molar-refractivity contribution in [1.29, 1.82) is 0 Å². The third-order valence-electron chi connectivity index (χ3n) is 8.79. The Bertz CT molecular complexity index is 1160. The Morgan fingerprint density at radius 3 is 2.21 bits per heavy atom. The van der Waals surface area contributed by atoms with Crippen LogP contribution in [0.15, 0.2) is 36.9 Å². The minimum atomic E-state index is -1.01. The van der Waals surface area contributed by atoms with E-state index in [4.69, 9.17) is 0 Å². The predicted octanol–water partition coefficient (Wildman–Crippen LogP) is 2.90. The van der Waals surface area contributed by atoms with Gasteiger partial charge in [0.2, 0.25) is 17.6 Å². The second kappa shape index (κ2) is 15.7. The number of rotatable bonds is 14. The molecule has 5 atom stereocenters. The highest BCUT2D eigenvalue weighted by Gasteiger charge is 2.47. The number of fused-ring (bicyclic) bond motifs is 1. The molecule has 1 aliphatic heterocycles. The molecule has 3 rings (SSSR count). The van der Waals surface area contributed by atoms with Crippen LogP contribution in [0, 0.1) is 17.8 Å². The van der Waals surface area contributed by atoms with Gasteiger partial charge in [-0.25, -0.2) is 4.79 Å². The molecule has 10 nitrogen and oxygen atoms in total. The van der Waals surface area contributed by atoms with Gasteiger partial charge < -0.3 is 26.2 Å². The zero-order valence-corrected chi connectivity index (χ0v) is 26.3. The third kappa shape index (κ3) is 8.45. The first-order chi connectivity index (χ1) is 20.5. The summed E-state index contributed by atoms with van der Waals surface area (Å²) in [6.07, 6.45) is 4.98. The van der Waals surface area contributed by atoms with Crippen molar-refractivity contribution in [2.24, 2.45) is 17.8 Å². The molecule has 4 unspecified atom stereocenters. The van der Waals surface area contributed by atoms with E-state index in [-0.39, 0.29) is 36.2 Å². The van der Waals surface area contributed by atoms with Crippen LogP contribution in [0.2, 0.25) is 0 Å². The van der Waals surface area contributed by atoms with Crippen molar-refractivity contribution in [3.05, 3.63) is 48.0 Å². The molecule has 1 aromatic carbocycles. The number of amides is 5. The van der Waals surface area contributed by atoms with Gasteiger partial charge in [-0.1, -0.05) is 64.5 Å². The topological polar surface area (TPSA) is 137 Å². The SMILES string of the molecule is C=CCNC(=O)C(=O)C(CCC)NC(=O)C1C(C(C)C)CCN1C(=O)[C@@H](NC(=O)NC(C)CC)C1Cc2ccccc2C1. The van der Waals surface area contributed by atoms with E-state index in [2.05, 4.69) is 27.8 Å². The van der Waals surface area contributed by atoms with Crippen molar-refractivity contribution in [3.63, 3.8) is 0 Å². The zero-order valence-electron chi connectivity index (χ0n) is 26.3. The number of likely N-dealkylation sites (tertiary alicyclic amines) is 1. The second-order valence-electron chi connectivity index (χ2n) is 12.2. The molecule has 236 valence electrons. The lowest BCUT2D eigenvalue weighted by atomic mass is 9.87. The summed E-state index contributed by atoms with van der Waals surface area (Å²) in [5.74, 6) is -2.49. The molecule has 10 heteroatoms. The Kier molecular flexibility index (Phi) is 12.3. The number of carbonyl (C=O) groups excluding carboxylic acids is 5. The average molecular weight is 596 g/mol. The lowest BCUT2D eigenvalue weighted by molar-refractivity contribution is -0.144. The summed E-state index contributed by atoms with van der Waals surface area (Å²) in [6.45, 7) is 13.8. The van der Waals surface area contributed by atoms with Gasteiger partial charge in [0.25, 0.3) is 5.91 Å². The first kappa shape index (κ1) is 33.8. The van der Waals surface area contributed by atoms with Gasteiger partial charge in [-0.2, -0.15) is 0 Å². The van der Waals surface area contributed by atoms with Crippen molar-refractivity contribution in [1.82, 2.24) is 26.2 Å². The van der Waals surface area contributed by atoms with E-state index in [1.165, 1.54) is 6.08 Å². The fourth-order valence-electron chi connectivity index (χ4n) is 6.22. The molecule has 2 aliphatic rings. The molecule has 4 N–H and O–H groups in total. The zero-order chi connectivity index (χ0) is 31.7. The predicted molar refractivity (Wildman–Crippen MR) is 166 cm³/mol. The van der Waals surface area contributed by atoms with Crippen molar-refractivity contribution in [2.75, 3.05) is 13.1 Å². The Balaban J connectivity index is 1.88. The van der Waals surface area contributed by atoms with Gasteiger partial charge in [-0.15, -0.1) is 6.58 Å². The summed E-state index contributed by atoms with van der Waals surface area (Å²) >= 11 is 0. The minimum Gasteiger partial charge on any atom is -0.346 e. The van der Waals surface area contributed by atoms with E-state index in [9.17, 15) is 24.0 Å². The standard InChI is InChI=1S/C33H49N5O5/c1-7-12-26(29(39)31(41)34-16-8-2)36-30(40)28-25(20(4)5)15-17-38(28)32(42)27(37-33(43)35-21(6)9-3)24-18-22-13-10-11-14-23(22)19-24/h8,10-11,13-14,20-21,24-28H,2,7,9,12,15-19H2,1,3-6H3,(H,34,41)(H,36,40)(H2,35,37,43)/t21?,25?,26?,27-,28?/m0/s1. The Hall–Kier alpha value is -3.69. The summed E-state index contributed by atoms with van der Waals surface area (Å²) in [7, 11) is 0. The molecule has 43 heavy (non-hydrogen) atoms. The van der Waals surface area contributed by atoms with E-state index in [1.54, 1.807) is 4.90 Å². The molecule has 0 bridgehead atoms. The van der Waals surface area contributed by atoms with Crippen molar-refractivity contribution in [3.8, 4) is 0 Å². The maximum absolute atomic E-state index is 14.4. The van der Waals surface area contributed by atoms with Crippen molar-refractivity contribution < 1.29 is 24.0 Å². The van der Waals surface area contributed by atoms with E-state index in [0.717, 1.165) is 17.5 Å². The molecule has 0 saturated carbocycles. The van der Waals surface area contributed by atoms with E-state index < -0.39 is 41.8 Å². The molecule has 1 fully saturated rings. The van der Waals surface area contributed by atoms with Gasteiger partial charge in [0, 0.05) is 19.1 Å². The fourth-order valence-corrected chi connectivity index (χ4v) is 6.22. The van der Waals surface area contributed by atoms with Crippen LogP contribution < -0.4 is 21.3 Å². The number of hydrogen-bond donors (Lipinski definition) is 4. The number of Topliss-reactive ketones (excluding diaryl/α,β-unsaturated/α-hetero) is 1. The van der Waals surface area contributed by atoms with Gasteiger partial charge >= 0.3 is 6.03 Å². The third-order valence-corrected chi connectivity index (χ3v) is 8.79. The van der Waals surface area contributed by atoms with E-state index in [0.29, 0.717) is 38.6 Å². The largest absolute Gasteiger partial charge is 0.346 e. The van der Waals surface area contributed by atoms with Crippen molar-refractivity contribution >= 4 is 29.5 Å². The van der Waals surface area contributed by atoms with Gasteiger partial charge in [0.1, 0.15) is 12.1 Å². The lowest BCUT2D eigenvalue weighted by Crippen LogP contribution is -2.60. The quantitative estimate of drug-likeness (QED) is 0.194. The number of nitrogens with zero attached hydrogens (tertiary/aromatic N) is 1. The van der Waals surface area contributed by atoms with Crippen LogP contribution in [0.1, 0.15) is 71.4 Å². The Morgan fingerprint density at radius 1 is 1.00 bits per heavy atom. The van der Waals surface area contributed by atoms with E-state index >= 15 is 0 Å². The normalized spacial score (nSPS) is 20.1. The highest BCUT2D eigenvalue weighted by molar-refractivity contribution is 6.38. The number of urea groups is 1. The molecule has 5 amide bonds. The fraction of sp³-hybridized carbons (Fsp3) is 0.606. The van der Waals surface area contributed by atoms with Crippen LogP contribution in [-0.4, -0.2) is 71.7 Å². The van der Waals surface area contributed by atoms with Gasteiger partial charge in [-0.3, -0.25) is 19.2 Å². The van der Waals surface area contributed by atoms with Crippen LogP contribution in [0.25, 0.3) is 0 Å². The van der Waals surface area contributed by atoms with Crippen molar-refractivity contribution in [2.45, 2.75) is 97.3 Å². The Labute approximate surface area is 255 Å². The van der Waals surface area contributed by atoms with Crippen LogP contribution >= 0.6 is 0 Å². The van der Waals surface area contributed by atoms with Crippen LogP contribution in [-0.2, 0) is 32.0 Å². The first-order valence-electron chi connectivity index (χ1n) is 15.7. The lowest BCUT2D eigenvalue weighted by Gasteiger charge is -2.34. The minimum absolute atomic E-state index is 0.0659. The van der Waals surface area contributed by atoms with Crippen LogP contribution in [0.4, 0.5) is 4.79 Å². The van der Waals surface area contributed by atoms with Gasteiger partial charge in [0.05, 0.1) is 6.04 Å². The maximum atomic E-state index is 14.4. The number of carbonyl (C=O) groups is 5. The summed E-state index contributed by atoms with van der Waals surface area (Å²) in [5.41, 5.74) is 2.31. The molecule has 1 aromatic rings. The maximum Gasteiger partial charge on any atom is 0.315 e. The summed E-state index contributed by atoms with van der Waals surface area (Å²) in [6, 6.07) is 4.89. The van der Waals surface area contributed by atoms with E-state index in [1.807, 2.05) is 58.9 Å². The smallest absolute Gasteiger partial charge is 0.315 e. The van der Waals surface area contributed by atoms with Crippen LogP contribution in [0.5, 0.6) is 0 Å². The Morgan fingerprint density at radius 2 is 1.65 bits per heavy atom. The van der Waals surface area contributed by atoms with Crippen LogP contribution in [0.3, 0.4) is 0 Å². The van der Waals surface area contributed by atoms with Gasteiger partial charge in [-0.05, 0) is 67.9 Å². The number of hydrogen-bond acceptors (Lipinski definition) is 5. The molecule has 1 aliphatic carbocycles. The second-order valence-corrected chi connectivity index (χ2v) is 12.2. The molecular weight excluding hydrogens is 546 g/mol. The molecule has 0 spiro atoms. The molecule has 0 aromatic heterocycles. The highest BCUT2D eigenvalue weighted by atomic mass is 16.2. The molecular formula is C33H49N5O5. The summed E-state index contributed by atoms with van der Waals surface area (Å²) in [5, 5.41) is 11.2. The average Bonchev–Trinajstić information content (AvgIpc) is 3.62. The first-order valence-corrected chi connectivity index (χ1v) is 15.7. The molecule has 0 radical (unpaired) electrons. The number of benzene rings is 1. The number of nitrogens with one attached hydrogen (secondary N) is 4. The summed E-state index contributed by atoms with van der Waals surface area (Å²) in [4.78, 5) is 68.3. The summed E-state index contributed by atoms with van der Waals surface area (Å²) < 4.78 is 0. The number of ketones is 1.